The van der Waals surface area contributed by atoms with Crippen LogP contribution in [0.3, 0.4) is 0 Å². The number of hydrogen-bond acceptors (Lipinski definition) is 5. The Kier molecular flexibility index (Phi) is 4.09. The van der Waals surface area contributed by atoms with Crippen molar-refractivity contribution in [3.05, 3.63) is 45.4 Å². The SMILES string of the molecule is O=C1CCC(c2ccc(Cl)cc2)c2nc(N3CCOCC3)sc21. The van der Waals surface area contributed by atoms with Crippen LogP contribution in [0.1, 0.15) is 39.7 Å². The number of anilines is 1. The van der Waals surface area contributed by atoms with Gasteiger partial charge in [-0.2, -0.15) is 0 Å². The van der Waals surface area contributed by atoms with E-state index in [0.717, 1.165) is 53.4 Å². The number of morpholine rings is 1. The molecule has 23 heavy (non-hydrogen) atoms. The molecule has 1 unspecified atom stereocenters. The van der Waals surface area contributed by atoms with Crippen molar-refractivity contribution in [2.24, 2.45) is 0 Å². The van der Waals surface area contributed by atoms with Gasteiger partial charge in [-0.1, -0.05) is 35.1 Å². The number of ketones is 1. The summed E-state index contributed by atoms with van der Waals surface area (Å²) in [6.45, 7) is 3.12. The van der Waals surface area contributed by atoms with Crippen LogP contribution in [0.4, 0.5) is 5.13 Å². The summed E-state index contributed by atoms with van der Waals surface area (Å²) in [7, 11) is 0. The van der Waals surface area contributed by atoms with Crippen LogP contribution in [-0.4, -0.2) is 37.1 Å². The van der Waals surface area contributed by atoms with Crippen molar-refractivity contribution in [1.29, 1.82) is 0 Å². The first-order chi connectivity index (χ1) is 11.2. The lowest BCUT2D eigenvalue weighted by atomic mass is 9.85. The Hall–Kier alpha value is -1.43. The highest BCUT2D eigenvalue weighted by Gasteiger charge is 2.32. The van der Waals surface area contributed by atoms with Gasteiger partial charge in [0.2, 0.25) is 0 Å². The van der Waals surface area contributed by atoms with Gasteiger partial charge in [0.15, 0.2) is 10.9 Å². The van der Waals surface area contributed by atoms with E-state index >= 15 is 0 Å². The third-order valence-corrected chi connectivity index (χ3v) is 5.86. The lowest BCUT2D eigenvalue weighted by Gasteiger charge is -2.26. The van der Waals surface area contributed by atoms with Crippen molar-refractivity contribution in [3.63, 3.8) is 0 Å². The Bertz CT molecular complexity index is 723. The van der Waals surface area contributed by atoms with Gasteiger partial charge in [-0.05, 0) is 24.1 Å². The summed E-state index contributed by atoms with van der Waals surface area (Å²) in [5.41, 5.74) is 2.12. The average Bonchev–Trinajstić information content (AvgIpc) is 3.03. The highest BCUT2D eigenvalue weighted by atomic mass is 35.5. The molecule has 1 aromatic carbocycles. The van der Waals surface area contributed by atoms with E-state index in [1.165, 1.54) is 16.9 Å². The minimum atomic E-state index is 0.186. The number of carbonyl (C=O) groups is 1. The van der Waals surface area contributed by atoms with Crippen molar-refractivity contribution in [2.75, 3.05) is 31.2 Å². The monoisotopic (exact) mass is 348 g/mol. The lowest BCUT2D eigenvalue weighted by Crippen LogP contribution is -2.36. The summed E-state index contributed by atoms with van der Waals surface area (Å²) in [6, 6.07) is 7.89. The topological polar surface area (TPSA) is 42.4 Å². The first-order valence-corrected chi connectivity index (χ1v) is 9.04. The number of halogens is 1. The Labute approximate surface area is 144 Å². The van der Waals surface area contributed by atoms with Crippen LogP contribution in [0.15, 0.2) is 24.3 Å². The second kappa shape index (κ2) is 6.23. The van der Waals surface area contributed by atoms with Gasteiger partial charge in [0.25, 0.3) is 0 Å². The number of carbonyl (C=O) groups excluding carboxylic acids is 1. The van der Waals surface area contributed by atoms with Gasteiger partial charge in [-0.3, -0.25) is 4.79 Å². The molecule has 2 heterocycles. The van der Waals surface area contributed by atoms with Gasteiger partial charge in [0.05, 0.1) is 23.8 Å². The molecule has 1 atom stereocenters. The summed E-state index contributed by atoms with van der Waals surface area (Å²) in [5.74, 6) is 0.410. The molecule has 0 N–H and O–H groups in total. The maximum Gasteiger partial charge on any atom is 0.186 e. The largest absolute Gasteiger partial charge is 0.378 e. The smallest absolute Gasteiger partial charge is 0.186 e. The first kappa shape index (κ1) is 15.1. The third kappa shape index (κ3) is 2.89. The molecule has 0 radical (unpaired) electrons. The van der Waals surface area contributed by atoms with Crippen molar-refractivity contribution in [1.82, 2.24) is 4.98 Å². The molecule has 2 aromatic rings. The predicted molar refractivity (Wildman–Crippen MR) is 92.0 cm³/mol. The van der Waals surface area contributed by atoms with Gasteiger partial charge in [0, 0.05) is 30.5 Å². The fraction of sp³-hybridized carbons (Fsp3) is 0.412. The number of fused-ring (bicyclic) bond motifs is 1. The lowest BCUT2D eigenvalue weighted by molar-refractivity contribution is 0.0973. The number of hydrogen-bond donors (Lipinski definition) is 0. The minimum Gasteiger partial charge on any atom is -0.378 e. The van der Waals surface area contributed by atoms with E-state index in [1.807, 2.05) is 24.3 Å². The van der Waals surface area contributed by atoms with Gasteiger partial charge >= 0.3 is 0 Å². The van der Waals surface area contributed by atoms with Gasteiger partial charge in [-0.15, -0.1) is 0 Å². The summed E-state index contributed by atoms with van der Waals surface area (Å²) in [5, 5.41) is 1.68. The molecular weight excluding hydrogens is 332 g/mol. The van der Waals surface area contributed by atoms with Crippen LogP contribution >= 0.6 is 22.9 Å². The third-order valence-electron chi connectivity index (χ3n) is 4.44. The number of thiazole rings is 1. The fourth-order valence-corrected chi connectivity index (χ4v) is 4.46. The molecule has 0 bridgehead atoms. The van der Waals surface area contributed by atoms with Crippen LogP contribution in [0, 0.1) is 0 Å². The predicted octanol–water partition coefficient (Wildman–Crippen LogP) is 3.74. The molecule has 4 nitrogen and oxygen atoms in total. The maximum atomic E-state index is 12.3. The summed E-state index contributed by atoms with van der Waals surface area (Å²) in [6.07, 6.45) is 1.41. The van der Waals surface area contributed by atoms with Crippen LogP contribution in [0.2, 0.25) is 5.02 Å². The second-order valence-corrected chi connectivity index (χ2v) is 7.29. The summed E-state index contributed by atoms with van der Waals surface area (Å²) in [4.78, 5) is 20.2. The Balaban J connectivity index is 1.70. The number of rotatable bonds is 2. The average molecular weight is 349 g/mol. The molecule has 6 heteroatoms. The van der Waals surface area contributed by atoms with Crippen molar-refractivity contribution >= 4 is 33.9 Å². The second-order valence-electron chi connectivity index (χ2n) is 5.88. The number of ether oxygens (including phenoxy) is 1. The molecule has 1 aliphatic carbocycles. The molecule has 2 aliphatic rings. The van der Waals surface area contributed by atoms with Crippen LogP contribution < -0.4 is 4.90 Å². The molecule has 0 saturated carbocycles. The van der Waals surface area contributed by atoms with E-state index in [4.69, 9.17) is 21.3 Å². The Morgan fingerprint density at radius 1 is 1.22 bits per heavy atom. The fourth-order valence-electron chi connectivity index (χ4n) is 3.19. The molecule has 1 aromatic heterocycles. The highest BCUT2D eigenvalue weighted by molar-refractivity contribution is 7.17. The Morgan fingerprint density at radius 3 is 2.70 bits per heavy atom. The Morgan fingerprint density at radius 2 is 1.96 bits per heavy atom. The first-order valence-electron chi connectivity index (χ1n) is 7.84. The van der Waals surface area contributed by atoms with E-state index in [-0.39, 0.29) is 11.7 Å². The zero-order valence-corrected chi connectivity index (χ0v) is 14.2. The minimum absolute atomic E-state index is 0.186. The molecule has 1 aliphatic heterocycles. The number of nitrogens with zero attached hydrogens (tertiary/aromatic N) is 2. The molecule has 120 valence electrons. The highest BCUT2D eigenvalue weighted by Crippen LogP contribution is 2.41. The molecule has 0 spiro atoms. The van der Waals surface area contributed by atoms with E-state index in [2.05, 4.69) is 4.90 Å². The normalized spacial score (nSPS) is 21.3. The quantitative estimate of drug-likeness (QED) is 0.829. The van der Waals surface area contributed by atoms with Crippen molar-refractivity contribution in [3.8, 4) is 0 Å². The molecule has 0 amide bonds. The molecule has 4 rings (SSSR count). The zero-order valence-electron chi connectivity index (χ0n) is 12.6. The zero-order chi connectivity index (χ0) is 15.8. The van der Waals surface area contributed by atoms with Crippen molar-refractivity contribution < 1.29 is 9.53 Å². The van der Waals surface area contributed by atoms with E-state index in [9.17, 15) is 4.79 Å². The van der Waals surface area contributed by atoms with E-state index < -0.39 is 0 Å². The molecular formula is C17H17ClN2O2S. The number of benzene rings is 1. The summed E-state index contributed by atoms with van der Waals surface area (Å²) < 4.78 is 5.40. The van der Waals surface area contributed by atoms with Gasteiger partial charge in [-0.25, -0.2) is 4.98 Å². The number of Topliss-reactive ketones (excluding diaryl/α,β-unsaturated/α-hetero) is 1. The standard InChI is InChI=1S/C17H17ClN2O2S/c18-12-3-1-11(2-4-12)13-5-6-14(21)16-15(13)19-17(23-16)20-7-9-22-10-8-20/h1-4,13H,5-10H2. The van der Waals surface area contributed by atoms with E-state index in [0.29, 0.717) is 6.42 Å². The molecule has 1 saturated heterocycles. The van der Waals surface area contributed by atoms with Gasteiger partial charge < -0.3 is 9.64 Å². The van der Waals surface area contributed by atoms with E-state index in [1.54, 1.807) is 0 Å². The number of aromatic nitrogens is 1. The van der Waals surface area contributed by atoms with Crippen LogP contribution in [-0.2, 0) is 4.74 Å². The van der Waals surface area contributed by atoms with Crippen LogP contribution in [0.5, 0.6) is 0 Å². The van der Waals surface area contributed by atoms with Gasteiger partial charge in [0.1, 0.15) is 0 Å². The maximum absolute atomic E-state index is 12.3. The van der Waals surface area contributed by atoms with Crippen molar-refractivity contribution in [2.45, 2.75) is 18.8 Å². The summed E-state index contributed by atoms with van der Waals surface area (Å²) >= 11 is 7.53. The molecule has 1 fully saturated rings. The van der Waals surface area contributed by atoms with Crippen LogP contribution in [0.25, 0.3) is 0 Å².